The van der Waals surface area contributed by atoms with Crippen LogP contribution in [0.25, 0.3) is 16.8 Å². The fraction of sp³-hybridized carbons (Fsp3) is 0.351. The number of hydrogen-bond donors (Lipinski definition) is 0. The van der Waals surface area contributed by atoms with Crippen molar-refractivity contribution in [3.05, 3.63) is 100 Å². The van der Waals surface area contributed by atoms with Gasteiger partial charge < -0.3 is 14.4 Å². The summed E-state index contributed by atoms with van der Waals surface area (Å²) in [5, 5.41) is 4.83. The van der Waals surface area contributed by atoms with Crippen LogP contribution in [-0.4, -0.2) is 52.6 Å². The highest BCUT2D eigenvalue weighted by Crippen LogP contribution is 2.36. The number of ether oxygens (including phenoxy) is 2. The quantitative estimate of drug-likeness (QED) is 0.0904. The number of hydrogen-bond acceptors (Lipinski definition) is 6. The zero-order valence-corrected chi connectivity index (χ0v) is 26.4. The molecule has 1 aliphatic rings. The number of unbranched alkanes of at least 4 members (excludes halogenated alkanes) is 2. The number of esters is 1. The molecule has 0 saturated carbocycles. The van der Waals surface area contributed by atoms with E-state index in [0.717, 1.165) is 61.1 Å². The molecule has 0 bridgehead atoms. The maximum Gasteiger partial charge on any atom is 0.359 e. The Morgan fingerprint density at radius 1 is 0.933 bits per heavy atom. The molecule has 8 heteroatoms. The van der Waals surface area contributed by atoms with Gasteiger partial charge in [0.1, 0.15) is 12.0 Å². The van der Waals surface area contributed by atoms with Gasteiger partial charge in [-0.2, -0.15) is 5.10 Å². The van der Waals surface area contributed by atoms with Crippen LogP contribution in [-0.2, 0) is 24.1 Å². The molecule has 4 aromatic rings. The van der Waals surface area contributed by atoms with Crippen molar-refractivity contribution >= 4 is 18.2 Å². The molecule has 0 radical (unpaired) electrons. The third kappa shape index (κ3) is 7.00. The maximum atomic E-state index is 14.3. The molecular weight excluding hydrogens is 566 g/mol. The summed E-state index contributed by atoms with van der Waals surface area (Å²) < 4.78 is 13.1. The largest absolute Gasteiger partial charge is 0.494 e. The molecule has 0 N–H and O–H groups in total. The first-order chi connectivity index (χ1) is 22.0. The van der Waals surface area contributed by atoms with Crippen LogP contribution >= 0.6 is 0 Å². The second kappa shape index (κ2) is 14.8. The van der Waals surface area contributed by atoms with E-state index in [1.807, 2.05) is 47.4 Å². The Kier molecular flexibility index (Phi) is 10.5. The fourth-order valence-corrected chi connectivity index (χ4v) is 5.75. The second-order valence-corrected chi connectivity index (χ2v) is 11.3. The molecule has 0 fully saturated rings. The van der Waals surface area contributed by atoms with Crippen molar-refractivity contribution in [2.24, 2.45) is 0 Å². The summed E-state index contributed by atoms with van der Waals surface area (Å²) >= 11 is 0. The average Bonchev–Trinajstić information content (AvgIpc) is 3.46. The fourth-order valence-electron chi connectivity index (χ4n) is 5.75. The van der Waals surface area contributed by atoms with Crippen molar-refractivity contribution in [1.82, 2.24) is 14.7 Å². The lowest BCUT2D eigenvalue weighted by molar-refractivity contribution is 0.0519. The maximum absolute atomic E-state index is 14.3. The summed E-state index contributed by atoms with van der Waals surface area (Å²) in [6.45, 7) is 7.84. The van der Waals surface area contributed by atoms with E-state index in [0.29, 0.717) is 48.4 Å². The third-order valence-corrected chi connectivity index (χ3v) is 8.16. The summed E-state index contributed by atoms with van der Waals surface area (Å²) in [6.07, 6.45) is 5.90. The number of carbonyl (C=O) groups is 3. The van der Waals surface area contributed by atoms with Crippen molar-refractivity contribution in [2.45, 2.75) is 65.8 Å². The third-order valence-electron chi connectivity index (χ3n) is 8.16. The highest BCUT2D eigenvalue weighted by Gasteiger charge is 2.31. The predicted molar refractivity (Wildman–Crippen MR) is 174 cm³/mol. The van der Waals surface area contributed by atoms with Gasteiger partial charge in [0, 0.05) is 29.8 Å². The van der Waals surface area contributed by atoms with Crippen LogP contribution in [0.5, 0.6) is 5.75 Å². The van der Waals surface area contributed by atoms with Crippen LogP contribution in [0.1, 0.15) is 94.5 Å². The van der Waals surface area contributed by atoms with Crippen molar-refractivity contribution in [3.8, 4) is 22.6 Å². The molecule has 45 heavy (non-hydrogen) atoms. The van der Waals surface area contributed by atoms with E-state index in [1.165, 1.54) is 5.56 Å². The molecule has 0 aliphatic carbocycles. The SMILES string of the molecule is CCCCOc1ccc(-n2nc(C(=O)OCC)c(-c3ccc(C=O)cc3C(=O)N3CCc4ccccc4C3)c2CCCC)cc1. The van der Waals surface area contributed by atoms with E-state index in [-0.39, 0.29) is 18.2 Å². The summed E-state index contributed by atoms with van der Waals surface area (Å²) in [4.78, 5) is 41.5. The lowest BCUT2D eigenvalue weighted by Crippen LogP contribution is -2.36. The number of aromatic nitrogens is 2. The monoisotopic (exact) mass is 607 g/mol. The van der Waals surface area contributed by atoms with Crippen LogP contribution < -0.4 is 4.74 Å². The van der Waals surface area contributed by atoms with Gasteiger partial charge in [0.2, 0.25) is 0 Å². The van der Waals surface area contributed by atoms with Gasteiger partial charge in [-0.05, 0) is 79.6 Å². The van der Waals surface area contributed by atoms with E-state index in [2.05, 4.69) is 19.9 Å². The Bertz CT molecular complexity index is 1660. The standard InChI is InChI=1S/C37H41N3O5/c1-4-7-13-33-34(35(37(43)44-6-3)38-40(33)29-15-17-30(18-16-29)45-22-8-5-2)31-19-14-26(25-41)23-32(31)36(42)39-21-20-27-11-9-10-12-28(27)24-39/h9-12,14-19,23,25H,4-8,13,20-22,24H2,1-3H3. The Balaban J connectivity index is 1.64. The average molecular weight is 608 g/mol. The molecule has 0 unspecified atom stereocenters. The molecule has 0 atom stereocenters. The second-order valence-electron chi connectivity index (χ2n) is 11.3. The number of aldehydes is 1. The van der Waals surface area contributed by atoms with Gasteiger partial charge in [-0.1, -0.05) is 63.1 Å². The summed E-state index contributed by atoms with van der Waals surface area (Å²) in [7, 11) is 0. The van der Waals surface area contributed by atoms with Gasteiger partial charge in [0.25, 0.3) is 5.91 Å². The molecule has 1 amide bonds. The van der Waals surface area contributed by atoms with Gasteiger partial charge in [0.15, 0.2) is 5.69 Å². The number of fused-ring (bicyclic) bond motifs is 1. The van der Waals surface area contributed by atoms with E-state index in [9.17, 15) is 14.4 Å². The van der Waals surface area contributed by atoms with Crippen molar-refractivity contribution in [3.63, 3.8) is 0 Å². The first-order valence-corrected chi connectivity index (χ1v) is 16.0. The Morgan fingerprint density at radius 3 is 2.40 bits per heavy atom. The Labute approximate surface area is 265 Å². The van der Waals surface area contributed by atoms with Crippen LogP contribution in [0, 0.1) is 0 Å². The molecule has 2 heterocycles. The van der Waals surface area contributed by atoms with Crippen LogP contribution in [0.2, 0.25) is 0 Å². The molecule has 0 saturated heterocycles. The number of amides is 1. The van der Waals surface area contributed by atoms with Gasteiger partial charge in [-0.3, -0.25) is 9.59 Å². The molecule has 3 aromatic carbocycles. The molecule has 8 nitrogen and oxygen atoms in total. The summed E-state index contributed by atoms with van der Waals surface area (Å²) in [6, 6.07) is 20.9. The van der Waals surface area contributed by atoms with Gasteiger partial charge in [-0.25, -0.2) is 9.48 Å². The highest BCUT2D eigenvalue weighted by atomic mass is 16.5. The smallest absolute Gasteiger partial charge is 0.359 e. The number of carbonyl (C=O) groups excluding carboxylic acids is 3. The minimum absolute atomic E-state index is 0.142. The van der Waals surface area contributed by atoms with Crippen molar-refractivity contribution in [1.29, 1.82) is 0 Å². The van der Waals surface area contributed by atoms with E-state index in [1.54, 1.807) is 29.8 Å². The first kappa shape index (κ1) is 31.7. The number of benzene rings is 3. The van der Waals surface area contributed by atoms with E-state index in [4.69, 9.17) is 14.6 Å². The Morgan fingerprint density at radius 2 is 1.69 bits per heavy atom. The molecular formula is C37H41N3O5. The lowest BCUT2D eigenvalue weighted by atomic mass is 9.92. The zero-order chi connectivity index (χ0) is 31.8. The van der Waals surface area contributed by atoms with E-state index < -0.39 is 5.97 Å². The van der Waals surface area contributed by atoms with Crippen molar-refractivity contribution < 1.29 is 23.9 Å². The van der Waals surface area contributed by atoms with Crippen LogP contribution in [0.15, 0.2) is 66.7 Å². The van der Waals surface area contributed by atoms with E-state index >= 15 is 0 Å². The number of rotatable bonds is 13. The zero-order valence-electron chi connectivity index (χ0n) is 26.4. The molecule has 1 aliphatic heterocycles. The summed E-state index contributed by atoms with van der Waals surface area (Å²) in [5.41, 5.74) is 5.92. The highest BCUT2D eigenvalue weighted by molar-refractivity contribution is 6.06. The molecule has 0 spiro atoms. The van der Waals surface area contributed by atoms with Gasteiger partial charge in [-0.15, -0.1) is 0 Å². The lowest BCUT2D eigenvalue weighted by Gasteiger charge is -2.29. The van der Waals surface area contributed by atoms with Crippen molar-refractivity contribution in [2.75, 3.05) is 19.8 Å². The minimum atomic E-state index is -0.562. The molecule has 5 rings (SSSR count). The topological polar surface area (TPSA) is 90.7 Å². The summed E-state index contributed by atoms with van der Waals surface area (Å²) in [5.74, 6) is 0.00908. The van der Waals surface area contributed by atoms with Gasteiger partial charge in [0.05, 0.1) is 24.6 Å². The molecule has 234 valence electrons. The normalized spacial score (nSPS) is 12.5. The van der Waals surface area contributed by atoms with Gasteiger partial charge >= 0.3 is 5.97 Å². The number of nitrogens with zero attached hydrogens (tertiary/aromatic N) is 3. The predicted octanol–water partition coefficient (Wildman–Crippen LogP) is 7.25. The van der Waals surface area contributed by atoms with Crippen LogP contribution in [0.3, 0.4) is 0 Å². The minimum Gasteiger partial charge on any atom is -0.494 e. The first-order valence-electron chi connectivity index (χ1n) is 16.0. The Hall–Kier alpha value is -4.72. The van der Waals surface area contributed by atoms with Crippen LogP contribution in [0.4, 0.5) is 0 Å². The molecule has 1 aromatic heterocycles.